The minimum atomic E-state index is -3.75. The summed E-state index contributed by atoms with van der Waals surface area (Å²) in [5.41, 5.74) is 0.299. The zero-order valence-electron chi connectivity index (χ0n) is 13.3. The summed E-state index contributed by atoms with van der Waals surface area (Å²) in [5.74, 6) is -0.883. The molecule has 0 aromatic carbocycles. The van der Waals surface area contributed by atoms with Crippen molar-refractivity contribution in [1.82, 2.24) is 0 Å². The molecule has 0 aliphatic rings. The van der Waals surface area contributed by atoms with E-state index < -0.39 is 13.8 Å². The number of hydrogen-bond donors (Lipinski definition) is 2. The van der Waals surface area contributed by atoms with E-state index >= 15 is 0 Å². The van der Waals surface area contributed by atoms with Gasteiger partial charge in [-0.25, -0.2) is 9.36 Å². The Labute approximate surface area is 127 Å². The highest BCUT2D eigenvalue weighted by molar-refractivity contribution is 7.47. The zero-order chi connectivity index (χ0) is 16.7. The van der Waals surface area contributed by atoms with E-state index in [1.54, 1.807) is 0 Å². The Morgan fingerprint density at radius 1 is 1.05 bits per heavy atom. The van der Waals surface area contributed by atoms with Crippen LogP contribution in [0.25, 0.3) is 0 Å². The molecule has 0 aromatic rings. The van der Waals surface area contributed by atoms with Gasteiger partial charge in [0.1, 0.15) is 0 Å². The van der Waals surface area contributed by atoms with E-state index in [0.717, 1.165) is 32.1 Å². The maximum atomic E-state index is 11.1. The van der Waals surface area contributed by atoms with Crippen molar-refractivity contribution in [3.8, 4) is 0 Å². The van der Waals surface area contributed by atoms with E-state index in [4.69, 9.17) is 19.0 Å². The molecule has 0 rings (SSSR count). The number of rotatable bonds is 11. The van der Waals surface area contributed by atoms with Gasteiger partial charge < -0.3 is 10.00 Å². The molecule has 0 atom stereocenters. The van der Waals surface area contributed by atoms with Crippen molar-refractivity contribution in [3.63, 3.8) is 0 Å². The zero-order valence-corrected chi connectivity index (χ0v) is 14.2. The number of carboxylic acid groups (broad SMARTS) is 1. The Hall–Kier alpha value is -0.680. The van der Waals surface area contributed by atoms with Gasteiger partial charge in [0.05, 0.1) is 13.2 Å². The molecule has 0 aliphatic carbocycles. The lowest BCUT2D eigenvalue weighted by atomic mass is 10.2. The summed E-state index contributed by atoms with van der Waals surface area (Å²) >= 11 is 0. The van der Waals surface area contributed by atoms with Gasteiger partial charge in [0.25, 0.3) is 0 Å². The second-order valence-electron chi connectivity index (χ2n) is 4.50. The molecule has 0 bridgehead atoms. The van der Waals surface area contributed by atoms with Crippen LogP contribution in [-0.2, 0) is 18.4 Å². The molecule has 21 heavy (non-hydrogen) atoms. The predicted molar refractivity (Wildman–Crippen MR) is 83.2 cm³/mol. The molecule has 0 spiro atoms. The first-order valence-electron chi connectivity index (χ1n) is 7.33. The van der Waals surface area contributed by atoms with Gasteiger partial charge in [0, 0.05) is 5.57 Å². The van der Waals surface area contributed by atoms with E-state index in [1.165, 1.54) is 0 Å². The average Bonchev–Trinajstić information content (AvgIpc) is 2.40. The van der Waals surface area contributed by atoms with Crippen LogP contribution in [0, 0.1) is 0 Å². The van der Waals surface area contributed by atoms with Crippen LogP contribution in [0.5, 0.6) is 0 Å². The third-order valence-electron chi connectivity index (χ3n) is 2.36. The van der Waals surface area contributed by atoms with Gasteiger partial charge in [-0.15, -0.1) is 0 Å². The maximum absolute atomic E-state index is 11.1. The van der Waals surface area contributed by atoms with E-state index in [1.807, 2.05) is 20.8 Å². The minimum absolute atomic E-state index is 0.288. The van der Waals surface area contributed by atoms with Crippen LogP contribution in [0.15, 0.2) is 12.2 Å². The lowest BCUT2D eigenvalue weighted by molar-refractivity contribution is -0.132. The molecule has 0 saturated heterocycles. The lowest BCUT2D eigenvalue weighted by Crippen LogP contribution is -1.98. The molecule has 0 aromatic heterocycles. The molecule has 0 saturated carbocycles. The first-order valence-corrected chi connectivity index (χ1v) is 8.83. The topological polar surface area (TPSA) is 93.1 Å². The Bertz CT molecular complexity index is 315. The van der Waals surface area contributed by atoms with E-state index in [-0.39, 0.29) is 13.2 Å². The second-order valence-corrected chi connectivity index (χ2v) is 5.95. The van der Waals surface area contributed by atoms with Crippen LogP contribution >= 0.6 is 7.82 Å². The molecule has 2 N–H and O–H groups in total. The second kappa shape index (κ2) is 14.3. The van der Waals surface area contributed by atoms with Gasteiger partial charge in [-0.3, -0.25) is 9.05 Å². The van der Waals surface area contributed by atoms with E-state index in [0.29, 0.717) is 12.0 Å². The van der Waals surface area contributed by atoms with Gasteiger partial charge in [-0.05, 0) is 19.3 Å². The summed E-state index contributed by atoms with van der Waals surface area (Å²) < 4.78 is 20.5. The minimum Gasteiger partial charge on any atom is -0.478 e. The van der Waals surface area contributed by atoms with Crippen molar-refractivity contribution < 1.29 is 28.4 Å². The monoisotopic (exact) mass is 324 g/mol. The van der Waals surface area contributed by atoms with Crippen molar-refractivity contribution in [2.24, 2.45) is 0 Å². The maximum Gasteiger partial charge on any atom is 0.472 e. The molecule has 0 radical (unpaired) electrons. The van der Waals surface area contributed by atoms with Gasteiger partial charge >= 0.3 is 13.8 Å². The number of hydrogen-bond acceptors (Lipinski definition) is 4. The van der Waals surface area contributed by atoms with Crippen molar-refractivity contribution in [1.29, 1.82) is 0 Å². The molecule has 126 valence electrons. The Balaban J connectivity index is 0. The summed E-state index contributed by atoms with van der Waals surface area (Å²) in [6, 6.07) is 0. The number of carboxylic acids is 1. The smallest absolute Gasteiger partial charge is 0.472 e. The van der Waals surface area contributed by atoms with Crippen LogP contribution in [0.1, 0.15) is 59.3 Å². The van der Waals surface area contributed by atoms with Crippen LogP contribution in [0.3, 0.4) is 0 Å². The van der Waals surface area contributed by atoms with Crippen molar-refractivity contribution in [2.75, 3.05) is 13.2 Å². The van der Waals surface area contributed by atoms with Gasteiger partial charge in [-0.1, -0.05) is 46.6 Å². The molecule has 7 heteroatoms. The summed E-state index contributed by atoms with van der Waals surface area (Å²) in [7, 11) is -3.75. The number of phosphoric acid groups is 1. The predicted octanol–water partition coefficient (Wildman–Crippen LogP) is 4.15. The van der Waals surface area contributed by atoms with Crippen LogP contribution in [0.2, 0.25) is 0 Å². The molecule has 0 aliphatic heterocycles. The summed E-state index contributed by atoms with van der Waals surface area (Å²) in [5, 5.41) is 8.21. The Morgan fingerprint density at radius 3 is 1.71 bits per heavy atom. The molecule has 0 fully saturated rings. The van der Waals surface area contributed by atoms with Gasteiger partial charge in [0.2, 0.25) is 0 Å². The van der Waals surface area contributed by atoms with Crippen LogP contribution < -0.4 is 0 Å². The van der Waals surface area contributed by atoms with Crippen molar-refractivity contribution in [3.05, 3.63) is 12.2 Å². The standard InChI is InChI=1S/C8H19O4P.C6H10O2/c1-3-5-7-11-13(9,10)12-8-6-4-2;1-3-4-5(2)6(7)8/h3-8H2,1-2H3,(H,9,10);2-4H2,1H3,(H,7,8). The number of phosphoric ester groups is 1. The first-order chi connectivity index (χ1) is 9.80. The van der Waals surface area contributed by atoms with Gasteiger partial charge in [-0.2, -0.15) is 0 Å². The van der Waals surface area contributed by atoms with Crippen molar-refractivity contribution >= 4 is 13.8 Å². The molecule has 6 nitrogen and oxygen atoms in total. The highest BCUT2D eigenvalue weighted by Crippen LogP contribution is 2.43. The fraction of sp³-hybridized carbons (Fsp3) is 0.786. The van der Waals surface area contributed by atoms with E-state index in [2.05, 4.69) is 6.58 Å². The number of carbonyl (C=O) groups is 1. The van der Waals surface area contributed by atoms with Crippen LogP contribution in [0.4, 0.5) is 0 Å². The van der Waals surface area contributed by atoms with E-state index in [9.17, 15) is 9.36 Å². The molecular weight excluding hydrogens is 295 g/mol. The average molecular weight is 324 g/mol. The fourth-order valence-corrected chi connectivity index (χ4v) is 1.89. The van der Waals surface area contributed by atoms with Crippen molar-refractivity contribution in [2.45, 2.75) is 59.3 Å². The Morgan fingerprint density at radius 2 is 1.48 bits per heavy atom. The van der Waals surface area contributed by atoms with Gasteiger partial charge in [0.15, 0.2) is 0 Å². The Kier molecular flexibility index (Phi) is 15.4. The first kappa shape index (κ1) is 22.6. The summed E-state index contributed by atoms with van der Waals surface area (Å²) in [6.07, 6.45) is 4.88. The molecular formula is C14H29O6P. The third-order valence-corrected chi connectivity index (χ3v) is 3.38. The quantitative estimate of drug-likeness (QED) is 0.337. The normalized spacial score (nSPS) is 10.7. The number of unbranched alkanes of at least 4 members (excludes halogenated alkanes) is 2. The highest BCUT2D eigenvalue weighted by atomic mass is 31.2. The lowest BCUT2D eigenvalue weighted by Gasteiger charge is -2.10. The summed E-state index contributed by atoms with van der Waals surface area (Å²) in [6.45, 7) is 9.82. The highest BCUT2D eigenvalue weighted by Gasteiger charge is 2.19. The number of aliphatic carboxylic acids is 1. The molecule has 0 amide bonds. The largest absolute Gasteiger partial charge is 0.478 e. The molecule has 0 unspecified atom stereocenters. The van der Waals surface area contributed by atoms with Crippen LogP contribution in [-0.4, -0.2) is 29.2 Å². The summed E-state index contributed by atoms with van der Waals surface area (Å²) in [4.78, 5) is 19.1. The third kappa shape index (κ3) is 17.3. The fourth-order valence-electron chi connectivity index (χ4n) is 1.09. The SMILES string of the molecule is C=C(CCC)C(=O)O.CCCCOP(=O)(O)OCCCC. The molecule has 0 heterocycles.